The largest absolute Gasteiger partial charge is 0.483 e. The van der Waals surface area contributed by atoms with Crippen LogP contribution in [0.3, 0.4) is 0 Å². The Morgan fingerprint density at radius 3 is 2.75 bits per heavy atom. The maximum Gasteiger partial charge on any atom is 0.258 e. The second-order valence-corrected chi connectivity index (χ2v) is 4.06. The monoisotopic (exact) mass is 282 g/mol. The van der Waals surface area contributed by atoms with Gasteiger partial charge in [-0.25, -0.2) is 0 Å². The Morgan fingerprint density at radius 2 is 2.10 bits per heavy atom. The molecule has 0 radical (unpaired) electrons. The summed E-state index contributed by atoms with van der Waals surface area (Å²) in [5.41, 5.74) is 5.39. The molecule has 110 valence electrons. The van der Waals surface area contributed by atoms with Gasteiger partial charge in [0.1, 0.15) is 5.75 Å². The molecule has 0 saturated heterocycles. The third-order valence-electron chi connectivity index (χ3n) is 2.41. The van der Waals surface area contributed by atoms with Crippen LogP contribution in [0.1, 0.15) is 10.4 Å². The number of hydrogen-bond donors (Lipinski definition) is 3. The van der Waals surface area contributed by atoms with E-state index in [2.05, 4.69) is 5.32 Å². The maximum atomic E-state index is 11.5. The van der Waals surface area contributed by atoms with Crippen LogP contribution in [0, 0.1) is 0 Å². The molecule has 1 aromatic carbocycles. The number of ether oxygens (including phenoxy) is 2. The van der Waals surface area contributed by atoms with Crippen LogP contribution in [-0.4, -0.2) is 49.9 Å². The molecule has 7 heteroatoms. The van der Waals surface area contributed by atoms with E-state index in [0.717, 1.165) is 0 Å². The molecule has 0 aliphatic rings. The van der Waals surface area contributed by atoms with Gasteiger partial charge in [0.15, 0.2) is 6.61 Å². The second-order valence-electron chi connectivity index (χ2n) is 4.06. The Labute approximate surface area is 116 Å². The van der Waals surface area contributed by atoms with Gasteiger partial charge in [-0.15, -0.1) is 0 Å². The van der Waals surface area contributed by atoms with E-state index in [-0.39, 0.29) is 31.1 Å². The zero-order chi connectivity index (χ0) is 15.0. The Balaban J connectivity index is 2.43. The van der Waals surface area contributed by atoms with Crippen molar-refractivity contribution in [1.82, 2.24) is 5.32 Å². The summed E-state index contributed by atoms with van der Waals surface area (Å²) in [4.78, 5) is 22.7. The first-order valence-electron chi connectivity index (χ1n) is 6.00. The highest BCUT2D eigenvalue weighted by Crippen LogP contribution is 2.16. The molecule has 0 bridgehead atoms. The van der Waals surface area contributed by atoms with Crippen molar-refractivity contribution in [2.24, 2.45) is 5.73 Å². The van der Waals surface area contributed by atoms with Crippen molar-refractivity contribution >= 4 is 11.8 Å². The van der Waals surface area contributed by atoms with Crippen molar-refractivity contribution in [1.29, 1.82) is 0 Å². The number of amides is 2. The zero-order valence-electron chi connectivity index (χ0n) is 11.2. The molecule has 4 N–H and O–H groups in total. The average Bonchev–Trinajstić information content (AvgIpc) is 2.43. The molecule has 2 amide bonds. The molecular formula is C13H18N2O5. The van der Waals surface area contributed by atoms with E-state index in [1.165, 1.54) is 13.2 Å². The molecule has 0 heterocycles. The summed E-state index contributed by atoms with van der Waals surface area (Å²) < 4.78 is 9.95. The van der Waals surface area contributed by atoms with Gasteiger partial charge in [0, 0.05) is 13.7 Å². The van der Waals surface area contributed by atoms with E-state index in [0.29, 0.717) is 0 Å². The molecule has 0 aliphatic carbocycles. The number of primary amides is 1. The fourth-order valence-corrected chi connectivity index (χ4v) is 1.47. The Bertz CT molecular complexity index is 464. The first-order chi connectivity index (χ1) is 9.54. The van der Waals surface area contributed by atoms with E-state index in [9.17, 15) is 14.7 Å². The van der Waals surface area contributed by atoms with Gasteiger partial charge < -0.3 is 25.6 Å². The number of carbonyl (C=O) groups excluding carboxylic acids is 2. The molecule has 20 heavy (non-hydrogen) atoms. The van der Waals surface area contributed by atoms with E-state index >= 15 is 0 Å². The van der Waals surface area contributed by atoms with Gasteiger partial charge in [0.05, 0.1) is 18.3 Å². The fourth-order valence-electron chi connectivity index (χ4n) is 1.47. The molecule has 7 nitrogen and oxygen atoms in total. The lowest BCUT2D eigenvalue weighted by Crippen LogP contribution is -2.37. The first-order valence-corrected chi connectivity index (χ1v) is 6.00. The molecule has 0 spiro atoms. The molecule has 1 rings (SSSR count). The molecule has 0 aromatic heterocycles. The third-order valence-corrected chi connectivity index (χ3v) is 2.41. The number of nitrogens with one attached hydrogen (secondary N) is 1. The number of benzene rings is 1. The number of aliphatic hydroxyl groups excluding tert-OH is 1. The number of nitrogens with two attached hydrogens (primary N) is 1. The number of para-hydroxylation sites is 1. The lowest BCUT2D eigenvalue weighted by Gasteiger charge is -2.12. The van der Waals surface area contributed by atoms with Gasteiger partial charge in [-0.05, 0) is 12.1 Å². The third kappa shape index (κ3) is 5.25. The van der Waals surface area contributed by atoms with Gasteiger partial charge in [-0.2, -0.15) is 0 Å². The lowest BCUT2D eigenvalue weighted by atomic mass is 10.2. The number of aliphatic hydroxyl groups is 1. The van der Waals surface area contributed by atoms with Crippen LogP contribution in [0.25, 0.3) is 0 Å². The lowest BCUT2D eigenvalue weighted by molar-refractivity contribution is -0.123. The Hall–Kier alpha value is -2.12. The van der Waals surface area contributed by atoms with E-state index in [1.807, 2.05) is 0 Å². The van der Waals surface area contributed by atoms with E-state index in [4.69, 9.17) is 15.2 Å². The number of hydrogen-bond acceptors (Lipinski definition) is 5. The van der Waals surface area contributed by atoms with E-state index < -0.39 is 17.9 Å². The summed E-state index contributed by atoms with van der Waals surface area (Å²) in [6.07, 6.45) is -0.776. The average molecular weight is 282 g/mol. The Kier molecular flexibility index (Phi) is 6.48. The van der Waals surface area contributed by atoms with Crippen LogP contribution in [0.4, 0.5) is 0 Å². The molecule has 0 saturated carbocycles. The summed E-state index contributed by atoms with van der Waals surface area (Å²) in [5, 5.41) is 11.8. The standard InChI is InChI=1S/C13H18N2O5/c1-19-7-9(16)6-15-12(17)8-20-11-5-3-2-4-10(11)13(14)18/h2-5,9,16H,6-8H2,1H3,(H2,14,18)(H,15,17). The molecule has 1 aromatic rings. The minimum absolute atomic E-state index is 0.0630. The predicted octanol–water partition coefficient (Wildman–Crippen LogP) is -0.712. The van der Waals surface area contributed by atoms with Crippen LogP contribution >= 0.6 is 0 Å². The number of rotatable bonds is 8. The molecule has 1 atom stereocenters. The van der Waals surface area contributed by atoms with Gasteiger partial charge in [-0.3, -0.25) is 9.59 Å². The van der Waals surface area contributed by atoms with Crippen LogP contribution in [0.2, 0.25) is 0 Å². The summed E-state index contributed by atoms with van der Waals surface area (Å²) >= 11 is 0. The first kappa shape index (κ1) is 15.9. The predicted molar refractivity (Wildman–Crippen MR) is 71.3 cm³/mol. The zero-order valence-corrected chi connectivity index (χ0v) is 11.2. The van der Waals surface area contributed by atoms with E-state index in [1.54, 1.807) is 18.2 Å². The SMILES string of the molecule is COCC(O)CNC(=O)COc1ccccc1C(N)=O. The highest BCUT2D eigenvalue weighted by Gasteiger charge is 2.11. The minimum Gasteiger partial charge on any atom is -0.483 e. The minimum atomic E-state index is -0.776. The fraction of sp³-hybridized carbons (Fsp3) is 0.385. The molecule has 0 fully saturated rings. The summed E-state index contributed by atoms with van der Waals surface area (Å²) in [6, 6.07) is 6.38. The summed E-state index contributed by atoms with van der Waals surface area (Å²) in [6.45, 7) is -0.0802. The summed E-state index contributed by atoms with van der Waals surface area (Å²) in [7, 11) is 1.45. The van der Waals surface area contributed by atoms with Crippen molar-refractivity contribution in [3.8, 4) is 5.75 Å². The van der Waals surface area contributed by atoms with Crippen molar-refractivity contribution < 1.29 is 24.2 Å². The topological polar surface area (TPSA) is 111 Å². The van der Waals surface area contributed by atoms with Crippen molar-refractivity contribution in [2.75, 3.05) is 26.9 Å². The Morgan fingerprint density at radius 1 is 1.40 bits per heavy atom. The van der Waals surface area contributed by atoms with Gasteiger partial charge in [0.25, 0.3) is 11.8 Å². The van der Waals surface area contributed by atoms with Gasteiger partial charge in [0.2, 0.25) is 0 Å². The smallest absolute Gasteiger partial charge is 0.258 e. The van der Waals surface area contributed by atoms with Crippen molar-refractivity contribution in [3.05, 3.63) is 29.8 Å². The van der Waals surface area contributed by atoms with Crippen LogP contribution < -0.4 is 15.8 Å². The van der Waals surface area contributed by atoms with Gasteiger partial charge >= 0.3 is 0 Å². The van der Waals surface area contributed by atoms with Crippen LogP contribution in [-0.2, 0) is 9.53 Å². The molecular weight excluding hydrogens is 264 g/mol. The quantitative estimate of drug-likeness (QED) is 0.583. The molecule has 1 unspecified atom stereocenters. The summed E-state index contributed by atoms with van der Waals surface area (Å²) in [5.74, 6) is -0.802. The molecule has 0 aliphatic heterocycles. The highest BCUT2D eigenvalue weighted by atomic mass is 16.5. The highest BCUT2D eigenvalue weighted by molar-refractivity contribution is 5.95. The normalized spacial score (nSPS) is 11.7. The maximum absolute atomic E-state index is 11.5. The number of methoxy groups -OCH3 is 1. The van der Waals surface area contributed by atoms with Crippen LogP contribution in [0.15, 0.2) is 24.3 Å². The second kappa shape index (κ2) is 8.13. The van der Waals surface area contributed by atoms with Crippen LogP contribution in [0.5, 0.6) is 5.75 Å². The number of carbonyl (C=O) groups is 2. The van der Waals surface area contributed by atoms with Crippen molar-refractivity contribution in [2.45, 2.75) is 6.10 Å². The van der Waals surface area contributed by atoms with Gasteiger partial charge in [-0.1, -0.05) is 12.1 Å². The van der Waals surface area contributed by atoms with Crippen molar-refractivity contribution in [3.63, 3.8) is 0 Å².